The number of Topliss-reactive ketones (excluding diaryl/α,β-unsaturated/α-hetero) is 1. The number of anilines is 2. The van der Waals surface area contributed by atoms with E-state index in [0.717, 1.165) is 40.8 Å². The summed E-state index contributed by atoms with van der Waals surface area (Å²) in [7, 11) is 0. The molecule has 0 aliphatic carbocycles. The minimum Gasteiger partial charge on any atom is -0.341 e. The molecule has 2 rings (SSSR count). The second-order valence-corrected chi connectivity index (χ2v) is 5.97. The summed E-state index contributed by atoms with van der Waals surface area (Å²) in [6.45, 7) is 4.70. The Balaban J connectivity index is 2.50. The Kier molecular flexibility index (Phi) is 5.57. The maximum atomic E-state index is 11.9. The first-order chi connectivity index (χ1) is 10.1. The van der Waals surface area contributed by atoms with Gasteiger partial charge in [-0.25, -0.2) is 0 Å². The molecule has 0 N–H and O–H groups in total. The minimum absolute atomic E-state index is 0.0925. The normalized spacial score (nSPS) is 10.4. The zero-order valence-electron chi connectivity index (χ0n) is 12.5. The van der Waals surface area contributed by atoms with Gasteiger partial charge in [0.1, 0.15) is 0 Å². The molecule has 0 aromatic heterocycles. The summed E-state index contributed by atoms with van der Waals surface area (Å²) in [5, 5.41) is 0. The number of hydrogen-bond acceptors (Lipinski definition) is 2. The van der Waals surface area contributed by atoms with Crippen LogP contribution in [0.25, 0.3) is 0 Å². The number of nitrogens with zero attached hydrogens (tertiary/aromatic N) is 1. The summed E-state index contributed by atoms with van der Waals surface area (Å²) in [4.78, 5) is 14.2. The molecule has 0 unspecified atom stereocenters. The Morgan fingerprint density at radius 3 is 2.48 bits per heavy atom. The molecule has 0 fully saturated rings. The van der Waals surface area contributed by atoms with Gasteiger partial charge in [0.25, 0.3) is 0 Å². The van der Waals surface area contributed by atoms with Crippen LogP contribution in [0.2, 0.25) is 0 Å². The van der Waals surface area contributed by atoms with E-state index in [0.29, 0.717) is 0 Å². The van der Waals surface area contributed by atoms with E-state index >= 15 is 0 Å². The van der Waals surface area contributed by atoms with E-state index in [1.54, 1.807) is 6.92 Å². The minimum atomic E-state index is 0.0925. The molecule has 3 heteroatoms. The van der Waals surface area contributed by atoms with Crippen molar-refractivity contribution < 1.29 is 4.79 Å². The van der Waals surface area contributed by atoms with Crippen LogP contribution in [0.5, 0.6) is 0 Å². The predicted octanol–water partition coefficient (Wildman–Crippen LogP) is 5.59. The molecule has 0 saturated carbocycles. The molecule has 0 spiro atoms. The van der Waals surface area contributed by atoms with Gasteiger partial charge >= 0.3 is 0 Å². The van der Waals surface area contributed by atoms with Crippen molar-refractivity contribution >= 4 is 33.1 Å². The van der Waals surface area contributed by atoms with E-state index in [2.05, 4.69) is 39.9 Å². The maximum absolute atomic E-state index is 11.9. The summed E-state index contributed by atoms with van der Waals surface area (Å²) in [6.07, 6.45) is 2.20. The van der Waals surface area contributed by atoms with Gasteiger partial charge in [0.2, 0.25) is 0 Å². The van der Waals surface area contributed by atoms with Crippen LogP contribution in [0.3, 0.4) is 0 Å². The lowest BCUT2D eigenvalue weighted by molar-refractivity contribution is 0.101. The molecule has 0 aliphatic rings. The van der Waals surface area contributed by atoms with Crippen molar-refractivity contribution in [2.75, 3.05) is 11.4 Å². The molecule has 21 heavy (non-hydrogen) atoms. The average molecular weight is 346 g/mol. The quantitative estimate of drug-likeness (QED) is 0.636. The Labute approximate surface area is 134 Å². The van der Waals surface area contributed by atoms with Crippen molar-refractivity contribution in [3.05, 3.63) is 58.6 Å². The van der Waals surface area contributed by atoms with Crippen LogP contribution in [-0.4, -0.2) is 12.3 Å². The lowest BCUT2D eigenvalue weighted by Gasteiger charge is -2.27. The second-order valence-electron chi connectivity index (χ2n) is 5.06. The van der Waals surface area contributed by atoms with E-state index in [-0.39, 0.29) is 5.78 Å². The maximum Gasteiger partial charge on any atom is 0.161 e. The van der Waals surface area contributed by atoms with Crippen molar-refractivity contribution in [1.82, 2.24) is 0 Å². The number of unbranched alkanes of at least 4 members (excludes halogenated alkanes) is 1. The van der Waals surface area contributed by atoms with Gasteiger partial charge in [0, 0.05) is 22.3 Å². The van der Waals surface area contributed by atoms with E-state index < -0.39 is 0 Å². The van der Waals surface area contributed by atoms with Crippen molar-refractivity contribution in [3.8, 4) is 0 Å². The van der Waals surface area contributed by atoms with Crippen LogP contribution in [0, 0.1) is 0 Å². The van der Waals surface area contributed by atoms with Crippen molar-refractivity contribution in [3.63, 3.8) is 0 Å². The Bertz CT molecular complexity index is 610. The van der Waals surface area contributed by atoms with Gasteiger partial charge < -0.3 is 4.90 Å². The third-order valence-electron chi connectivity index (χ3n) is 3.43. The van der Waals surface area contributed by atoms with Crippen molar-refractivity contribution in [1.29, 1.82) is 0 Å². The lowest BCUT2D eigenvalue weighted by Crippen LogP contribution is -2.20. The number of carbonyl (C=O) groups excluding carboxylic acids is 1. The monoisotopic (exact) mass is 345 g/mol. The SMILES string of the molecule is CCCCN(c1ccccc1)c1cc(Br)ccc1C(C)=O. The molecule has 0 heterocycles. The first kappa shape index (κ1) is 15.8. The van der Waals surface area contributed by atoms with Crippen LogP contribution < -0.4 is 4.90 Å². The molecule has 0 atom stereocenters. The van der Waals surface area contributed by atoms with Gasteiger partial charge in [-0.2, -0.15) is 0 Å². The highest BCUT2D eigenvalue weighted by molar-refractivity contribution is 9.10. The van der Waals surface area contributed by atoms with Crippen LogP contribution >= 0.6 is 15.9 Å². The molecule has 0 aliphatic heterocycles. The summed E-state index contributed by atoms with van der Waals surface area (Å²) in [5.74, 6) is 0.0925. The zero-order chi connectivity index (χ0) is 15.2. The fourth-order valence-corrected chi connectivity index (χ4v) is 2.69. The molecule has 2 nitrogen and oxygen atoms in total. The standard InChI is InChI=1S/C18H20BrNO/c1-3-4-12-20(16-8-6-5-7-9-16)18-13-15(19)10-11-17(18)14(2)21/h5-11,13H,3-4,12H2,1-2H3. The zero-order valence-corrected chi connectivity index (χ0v) is 14.1. The summed E-state index contributed by atoms with van der Waals surface area (Å²) >= 11 is 3.52. The first-order valence-corrected chi connectivity index (χ1v) is 8.06. The number of rotatable bonds is 6. The first-order valence-electron chi connectivity index (χ1n) is 7.26. The van der Waals surface area contributed by atoms with Crippen LogP contribution in [-0.2, 0) is 0 Å². The highest BCUT2D eigenvalue weighted by Gasteiger charge is 2.16. The second kappa shape index (κ2) is 7.41. The highest BCUT2D eigenvalue weighted by atomic mass is 79.9. The number of ketones is 1. The van der Waals surface area contributed by atoms with E-state index in [4.69, 9.17) is 0 Å². The number of carbonyl (C=O) groups is 1. The number of halogens is 1. The Hall–Kier alpha value is -1.61. The van der Waals surface area contributed by atoms with Gasteiger partial charge in [-0.15, -0.1) is 0 Å². The summed E-state index contributed by atoms with van der Waals surface area (Å²) < 4.78 is 0.986. The molecular weight excluding hydrogens is 326 g/mol. The summed E-state index contributed by atoms with van der Waals surface area (Å²) in [6, 6.07) is 16.1. The largest absolute Gasteiger partial charge is 0.341 e. The average Bonchev–Trinajstić information content (AvgIpc) is 2.48. The fraction of sp³-hybridized carbons (Fsp3) is 0.278. The van der Waals surface area contributed by atoms with E-state index in [1.165, 1.54) is 0 Å². The molecule has 0 amide bonds. The van der Waals surface area contributed by atoms with Gasteiger partial charge in [-0.3, -0.25) is 4.79 Å². The van der Waals surface area contributed by atoms with E-state index in [1.807, 2.05) is 36.4 Å². The van der Waals surface area contributed by atoms with Gasteiger partial charge in [0.05, 0.1) is 5.69 Å². The van der Waals surface area contributed by atoms with Crippen molar-refractivity contribution in [2.24, 2.45) is 0 Å². The van der Waals surface area contributed by atoms with Gasteiger partial charge in [-0.05, 0) is 43.7 Å². The molecule has 0 radical (unpaired) electrons. The van der Waals surface area contributed by atoms with Crippen LogP contribution in [0.4, 0.5) is 11.4 Å². The lowest BCUT2D eigenvalue weighted by atomic mass is 10.1. The number of hydrogen-bond donors (Lipinski definition) is 0. The van der Waals surface area contributed by atoms with Gasteiger partial charge in [-0.1, -0.05) is 47.5 Å². The predicted molar refractivity (Wildman–Crippen MR) is 92.5 cm³/mol. The third-order valence-corrected chi connectivity index (χ3v) is 3.93. The number of para-hydroxylation sites is 1. The van der Waals surface area contributed by atoms with Crippen LogP contribution in [0.1, 0.15) is 37.0 Å². The Morgan fingerprint density at radius 1 is 1.14 bits per heavy atom. The van der Waals surface area contributed by atoms with E-state index in [9.17, 15) is 4.79 Å². The van der Waals surface area contributed by atoms with Crippen molar-refractivity contribution in [2.45, 2.75) is 26.7 Å². The third kappa shape index (κ3) is 3.94. The Morgan fingerprint density at radius 2 is 1.86 bits per heavy atom. The van der Waals surface area contributed by atoms with Gasteiger partial charge in [0.15, 0.2) is 5.78 Å². The fourth-order valence-electron chi connectivity index (χ4n) is 2.34. The molecule has 110 valence electrons. The molecule has 2 aromatic rings. The molecule has 0 bridgehead atoms. The summed E-state index contributed by atoms with van der Waals surface area (Å²) in [5.41, 5.74) is 2.85. The topological polar surface area (TPSA) is 20.3 Å². The number of benzene rings is 2. The highest BCUT2D eigenvalue weighted by Crippen LogP contribution is 2.31. The smallest absolute Gasteiger partial charge is 0.161 e. The molecule has 2 aromatic carbocycles. The molecular formula is C18H20BrNO. The molecule has 0 saturated heterocycles. The van der Waals surface area contributed by atoms with Crippen LogP contribution in [0.15, 0.2) is 53.0 Å².